The molecule has 0 amide bonds. The van der Waals surface area contributed by atoms with E-state index in [1.165, 1.54) is 31.6 Å². The molecule has 0 saturated carbocycles. The van der Waals surface area contributed by atoms with Crippen molar-refractivity contribution in [2.45, 2.75) is 12.8 Å². The van der Waals surface area contributed by atoms with Crippen LogP contribution in [-0.4, -0.2) is 23.3 Å². The van der Waals surface area contributed by atoms with Crippen molar-refractivity contribution < 1.29 is 0 Å². The molecule has 54 valence electrons. The lowest BCUT2D eigenvalue weighted by molar-refractivity contribution is 0.949. The Hall–Kier alpha value is -0.990. The van der Waals surface area contributed by atoms with Gasteiger partial charge in [-0.15, -0.1) is 0 Å². The molecule has 0 aromatic carbocycles. The third-order valence-electron chi connectivity index (χ3n) is 1.95. The van der Waals surface area contributed by atoms with Gasteiger partial charge in [-0.05, 0) is 12.8 Å². The first-order valence-electron chi connectivity index (χ1n) is 3.70. The number of anilines is 1. The van der Waals surface area contributed by atoms with E-state index < -0.39 is 0 Å². The molecule has 3 nitrogen and oxygen atoms in total. The van der Waals surface area contributed by atoms with Gasteiger partial charge in [0.05, 0.1) is 11.9 Å². The normalized spacial score (nSPS) is 18.2. The molecule has 1 aliphatic rings. The van der Waals surface area contributed by atoms with Gasteiger partial charge in [-0.2, -0.15) is 5.10 Å². The maximum Gasteiger partial charge on any atom is 0.0749 e. The highest BCUT2D eigenvalue weighted by Crippen LogP contribution is 2.17. The molecule has 1 aromatic heterocycles. The predicted octanol–water partition coefficient (Wildman–Crippen LogP) is 1.01. The molecule has 1 N–H and O–H groups in total. The molecule has 0 bridgehead atoms. The van der Waals surface area contributed by atoms with Crippen molar-refractivity contribution in [3.8, 4) is 0 Å². The zero-order chi connectivity index (χ0) is 6.81. The summed E-state index contributed by atoms with van der Waals surface area (Å²) in [5.74, 6) is 0. The fourth-order valence-corrected chi connectivity index (χ4v) is 1.39. The van der Waals surface area contributed by atoms with Crippen molar-refractivity contribution >= 4 is 5.69 Å². The van der Waals surface area contributed by atoms with E-state index in [1.807, 2.05) is 12.4 Å². The van der Waals surface area contributed by atoms with E-state index in [0.717, 1.165) is 0 Å². The average Bonchev–Trinajstić information content (AvgIpc) is 2.59. The van der Waals surface area contributed by atoms with Crippen LogP contribution in [0.1, 0.15) is 12.8 Å². The first-order valence-corrected chi connectivity index (χ1v) is 3.70. The van der Waals surface area contributed by atoms with Crippen LogP contribution in [0.4, 0.5) is 5.69 Å². The summed E-state index contributed by atoms with van der Waals surface area (Å²) in [6, 6.07) is 0. The van der Waals surface area contributed by atoms with Crippen molar-refractivity contribution in [3.05, 3.63) is 12.4 Å². The van der Waals surface area contributed by atoms with Crippen molar-refractivity contribution in [1.29, 1.82) is 0 Å². The Morgan fingerprint density at radius 3 is 2.80 bits per heavy atom. The SMILES string of the molecule is c1n[nH]cc1N1CCCC1. The molecule has 1 fully saturated rings. The van der Waals surface area contributed by atoms with Crippen LogP contribution in [0.5, 0.6) is 0 Å². The van der Waals surface area contributed by atoms with Gasteiger partial charge in [0.2, 0.25) is 0 Å². The van der Waals surface area contributed by atoms with Gasteiger partial charge in [0.1, 0.15) is 0 Å². The Balaban J connectivity index is 2.12. The van der Waals surface area contributed by atoms with Crippen LogP contribution < -0.4 is 4.90 Å². The fraction of sp³-hybridized carbons (Fsp3) is 0.571. The summed E-state index contributed by atoms with van der Waals surface area (Å²) in [6.07, 6.45) is 6.48. The standard InChI is InChI=1S/C7H11N3/c1-2-4-10(3-1)7-5-8-9-6-7/h5-6H,1-4H2,(H,8,9). The van der Waals surface area contributed by atoms with Crippen LogP contribution >= 0.6 is 0 Å². The number of hydrogen-bond acceptors (Lipinski definition) is 2. The van der Waals surface area contributed by atoms with Crippen LogP contribution in [0, 0.1) is 0 Å². The fourth-order valence-electron chi connectivity index (χ4n) is 1.39. The topological polar surface area (TPSA) is 31.9 Å². The number of nitrogens with zero attached hydrogens (tertiary/aromatic N) is 2. The molecule has 0 radical (unpaired) electrons. The van der Waals surface area contributed by atoms with Crippen molar-refractivity contribution in [1.82, 2.24) is 10.2 Å². The molecular formula is C7H11N3. The number of nitrogens with one attached hydrogen (secondary N) is 1. The Morgan fingerprint density at radius 1 is 1.40 bits per heavy atom. The molecule has 0 atom stereocenters. The third kappa shape index (κ3) is 0.875. The highest BCUT2D eigenvalue weighted by Gasteiger charge is 2.11. The maximum atomic E-state index is 3.90. The molecule has 0 unspecified atom stereocenters. The second kappa shape index (κ2) is 2.33. The zero-order valence-electron chi connectivity index (χ0n) is 5.88. The Morgan fingerprint density at radius 2 is 2.20 bits per heavy atom. The van der Waals surface area contributed by atoms with Gasteiger partial charge in [0.15, 0.2) is 0 Å². The minimum absolute atomic E-state index is 1.19. The monoisotopic (exact) mass is 137 g/mol. The highest BCUT2D eigenvalue weighted by molar-refractivity contribution is 5.42. The number of aromatic nitrogens is 2. The first kappa shape index (κ1) is 5.77. The summed E-state index contributed by atoms with van der Waals surface area (Å²) in [6.45, 7) is 2.39. The second-order valence-corrected chi connectivity index (χ2v) is 2.65. The van der Waals surface area contributed by atoms with Gasteiger partial charge in [0.25, 0.3) is 0 Å². The number of H-pyrrole nitrogens is 1. The van der Waals surface area contributed by atoms with E-state index in [1.54, 1.807) is 0 Å². The first-order chi connectivity index (χ1) is 4.97. The summed E-state index contributed by atoms with van der Waals surface area (Å²) in [5, 5.41) is 6.72. The summed E-state index contributed by atoms with van der Waals surface area (Å²) in [4.78, 5) is 2.35. The Labute approximate surface area is 60.0 Å². The van der Waals surface area contributed by atoms with Crippen molar-refractivity contribution in [2.75, 3.05) is 18.0 Å². The Bertz CT molecular complexity index is 187. The number of aromatic amines is 1. The van der Waals surface area contributed by atoms with Crippen molar-refractivity contribution in [3.63, 3.8) is 0 Å². The largest absolute Gasteiger partial charge is 0.369 e. The van der Waals surface area contributed by atoms with E-state index in [4.69, 9.17) is 0 Å². The van der Waals surface area contributed by atoms with Gasteiger partial charge in [0, 0.05) is 19.3 Å². The quantitative estimate of drug-likeness (QED) is 0.626. The highest BCUT2D eigenvalue weighted by atomic mass is 15.2. The van der Waals surface area contributed by atoms with Crippen molar-refractivity contribution in [2.24, 2.45) is 0 Å². The second-order valence-electron chi connectivity index (χ2n) is 2.65. The Kier molecular flexibility index (Phi) is 1.34. The summed E-state index contributed by atoms with van der Waals surface area (Å²) in [7, 11) is 0. The van der Waals surface area contributed by atoms with Crippen LogP contribution in [0.3, 0.4) is 0 Å². The summed E-state index contributed by atoms with van der Waals surface area (Å²) in [5.41, 5.74) is 1.23. The molecule has 3 heteroatoms. The number of rotatable bonds is 1. The molecule has 1 saturated heterocycles. The molecular weight excluding hydrogens is 126 g/mol. The van der Waals surface area contributed by atoms with Crippen LogP contribution in [-0.2, 0) is 0 Å². The number of hydrogen-bond donors (Lipinski definition) is 1. The van der Waals surface area contributed by atoms with Gasteiger partial charge < -0.3 is 4.90 Å². The predicted molar refractivity (Wildman–Crippen MR) is 40.0 cm³/mol. The average molecular weight is 137 g/mol. The zero-order valence-corrected chi connectivity index (χ0v) is 5.88. The minimum Gasteiger partial charge on any atom is -0.369 e. The molecule has 10 heavy (non-hydrogen) atoms. The van der Waals surface area contributed by atoms with E-state index in [-0.39, 0.29) is 0 Å². The lowest BCUT2D eigenvalue weighted by Gasteiger charge is -2.13. The minimum atomic E-state index is 1.19. The third-order valence-corrected chi connectivity index (χ3v) is 1.95. The molecule has 0 aliphatic carbocycles. The van der Waals surface area contributed by atoms with Gasteiger partial charge in [-0.25, -0.2) is 0 Å². The lowest BCUT2D eigenvalue weighted by atomic mass is 10.4. The van der Waals surface area contributed by atoms with Gasteiger partial charge >= 0.3 is 0 Å². The molecule has 2 heterocycles. The molecule has 1 aromatic rings. The van der Waals surface area contributed by atoms with E-state index in [2.05, 4.69) is 15.1 Å². The van der Waals surface area contributed by atoms with Gasteiger partial charge in [-0.3, -0.25) is 5.10 Å². The smallest absolute Gasteiger partial charge is 0.0749 e. The molecule has 0 spiro atoms. The maximum absolute atomic E-state index is 3.90. The van der Waals surface area contributed by atoms with Crippen LogP contribution in [0.15, 0.2) is 12.4 Å². The lowest BCUT2D eigenvalue weighted by Crippen LogP contribution is -2.16. The molecule has 2 rings (SSSR count). The summed E-state index contributed by atoms with van der Waals surface area (Å²) < 4.78 is 0. The summed E-state index contributed by atoms with van der Waals surface area (Å²) >= 11 is 0. The van der Waals surface area contributed by atoms with E-state index in [0.29, 0.717) is 0 Å². The molecule has 1 aliphatic heterocycles. The van der Waals surface area contributed by atoms with Crippen LogP contribution in [0.25, 0.3) is 0 Å². The van der Waals surface area contributed by atoms with E-state index >= 15 is 0 Å². The van der Waals surface area contributed by atoms with E-state index in [9.17, 15) is 0 Å². The van der Waals surface area contributed by atoms with Gasteiger partial charge in [-0.1, -0.05) is 0 Å². The van der Waals surface area contributed by atoms with Crippen LogP contribution in [0.2, 0.25) is 0 Å².